The minimum atomic E-state index is -0.245. The van der Waals surface area contributed by atoms with E-state index in [0.717, 1.165) is 11.3 Å². The Kier molecular flexibility index (Phi) is 5.02. The van der Waals surface area contributed by atoms with Crippen molar-refractivity contribution in [2.45, 2.75) is 25.6 Å². The highest BCUT2D eigenvalue weighted by Crippen LogP contribution is 2.44. The van der Waals surface area contributed by atoms with Gasteiger partial charge in [-0.2, -0.15) is 0 Å². The highest BCUT2D eigenvalue weighted by Gasteiger charge is 2.41. The number of benzene rings is 1. The van der Waals surface area contributed by atoms with Crippen LogP contribution in [0.2, 0.25) is 0 Å². The van der Waals surface area contributed by atoms with Crippen LogP contribution in [0.4, 0.5) is 0 Å². The molecule has 1 aromatic carbocycles. The largest absolute Gasteiger partial charge is 0.497 e. The summed E-state index contributed by atoms with van der Waals surface area (Å²) in [6.07, 6.45) is 1.96. The van der Waals surface area contributed by atoms with Crippen LogP contribution in [0, 0.1) is 11.8 Å². The summed E-state index contributed by atoms with van der Waals surface area (Å²) in [5.74, 6) is 0.956. The lowest BCUT2D eigenvalue weighted by Gasteiger charge is -2.17. The van der Waals surface area contributed by atoms with Crippen LogP contribution in [0.5, 0.6) is 5.75 Å². The number of methoxy groups -OCH3 is 2. The lowest BCUT2D eigenvalue weighted by atomic mass is 9.85. The predicted octanol–water partition coefficient (Wildman–Crippen LogP) is 3.14. The first-order valence-electron chi connectivity index (χ1n) is 7.09. The van der Waals surface area contributed by atoms with E-state index in [-0.39, 0.29) is 36.4 Å². The van der Waals surface area contributed by atoms with Gasteiger partial charge in [0.1, 0.15) is 5.75 Å². The van der Waals surface area contributed by atoms with E-state index in [1.54, 1.807) is 7.11 Å². The Bertz CT molecular complexity index is 494. The van der Waals surface area contributed by atoms with Crippen LogP contribution in [0.15, 0.2) is 36.9 Å². The SMILES string of the molecule is C=C[C@@H]1[C@@H](C)[C@H](CC(=O)OC)O[C@H]1c1ccc(OC)cc1. The quantitative estimate of drug-likeness (QED) is 0.617. The zero-order valence-electron chi connectivity index (χ0n) is 12.7. The molecule has 114 valence electrons. The summed E-state index contributed by atoms with van der Waals surface area (Å²) in [4.78, 5) is 11.5. The van der Waals surface area contributed by atoms with Gasteiger partial charge < -0.3 is 14.2 Å². The van der Waals surface area contributed by atoms with Gasteiger partial charge in [-0.05, 0) is 23.6 Å². The number of carbonyl (C=O) groups is 1. The van der Waals surface area contributed by atoms with Crippen LogP contribution in [0.1, 0.15) is 25.0 Å². The molecule has 4 heteroatoms. The molecule has 1 aliphatic heterocycles. The molecule has 4 atom stereocenters. The number of carbonyl (C=O) groups excluding carboxylic acids is 1. The third-order valence-electron chi connectivity index (χ3n) is 4.18. The van der Waals surface area contributed by atoms with Crippen molar-refractivity contribution in [1.82, 2.24) is 0 Å². The van der Waals surface area contributed by atoms with E-state index in [9.17, 15) is 4.79 Å². The number of rotatable bonds is 5. The highest BCUT2D eigenvalue weighted by molar-refractivity contribution is 5.69. The van der Waals surface area contributed by atoms with Gasteiger partial charge in [-0.25, -0.2) is 0 Å². The fraction of sp³-hybridized carbons (Fsp3) is 0.471. The van der Waals surface area contributed by atoms with E-state index >= 15 is 0 Å². The van der Waals surface area contributed by atoms with E-state index < -0.39 is 0 Å². The molecule has 1 aromatic rings. The second kappa shape index (κ2) is 6.76. The minimum absolute atomic E-state index is 0.0851. The van der Waals surface area contributed by atoms with Gasteiger partial charge in [0.2, 0.25) is 0 Å². The van der Waals surface area contributed by atoms with Gasteiger partial charge in [-0.1, -0.05) is 25.1 Å². The first-order chi connectivity index (χ1) is 10.1. The monoisotopic (exact) mass is 290 g/mol. The number of ether oxygens (including phenoxy) is 3. The van der Waals surface area contributed by atoms with Crippen LogP contribution in [-0.2, 0) is 14.3 Å². The van der Waals surface area contributed by atoms with Gasteiger partial charge in [0.25, 0.3) is 0 Å². The highest BCUT2D eigenvalue weighted by atomic mass is 16.5. The molecule has 1 fully saturated rings. The average molecular weight is 290 g/mol. The zero-order chi connectivity index (χ0) is 15.4. The molecule has 21 heavy (non-hydrogen) atoms. The summed E-state index contributed by atoms with van der Waals surface area (Å²) in [5, 5.41) is 0. The number of hydrogen-bond acceptors (Lipinski definition) is 4. The number of esters is 1. The Morgan fingerprint density at radius 3 is 2.52 bits per heavy atom. The first kappa shape index (κ1) is 15.6. The summed E-state index contributed by atoms with van der Waals surface area (Å²) < 4.78 is 16.0. The summed E-state index contributed by atoms with van der Waals surface area (Å²) >= 11 is 0. The van der Waals surface area contributed by atoms with Crippen molar-refractivity contribution >= 4 is 5.97 Å². The molecule has 0 unspecified atom stereocenters. The fourth-order valence-corrected chi connectivity index (χ4v) is 2.84. The van der Waals surface area contributed by atoms with Crippen LogP contribution in [-0.4, -0.2) is 26.3 Å². The second-order valence-corrected chi connectivity index (χ2v) is 5.32. The number of hydrogen-bond donors (Lipinski definition) is 0. The molecule has 0 bridgehead atoms. The second-order valence-electron chi connectivity index (χ2n) is 5.32. The Balaban J connectivity index is 2.17. The Morgan fingerprint density at radius 1 is 1.33 bits per heavy atom. The van der Waals surface area contributed by atoms with E-state index in [1.807, 2.05) is 30.3 Å². The van der Waals surface area contributed by atoms with Crippen molar-refractivity contribution < 1.29 is 19.0 Å². The smallest absolute Gasteiger partial charge is 0.308 e. The summed E-state index contributed by atoms with van der Waals surface area (Å²) in [6.45, 7) is 6.00. The standard InChI is InChI=1S/C17H22O4/c1-5-14-11(2)15(10-16(18)20-4)21-17(14)12-6-8-13(19-3)9-7-12/h5-9,11,14-15,17H,1,10H2,2-4H3/t11-,14-,15+,17+/m1/s1. The molecule has 0 aromatic heterocycles. The maximum Gasteiger partial charge on any atom is 0.308 e. The van der Waals surface area contributed by atoms with Crippen molar-refractivity contribution in [2.75, 3.05) is 14.2 Å². The topological polar surface area (TPSA) is 44.8 Å². The molecule has 1 aliphatic rings. The zero-order valence-corrected chi connectivity index (χ0v) is 12.7. The normalized spacial score (nSPS) is 28.1. The van der Waals surface area contributed by atoms with E-state index in [0.29, 0.717) is 0 Å². The predicted molar refractivity (Wildman–Crippen MR) is 80.1 cm³/mol. The van der Waals surface area contributed by atoms with E-state index in [1.165, 1.54) is 7.11 Å². The lowest BCUT2D eigenvalue weighted by molar-refractivity contribution is -0.144. The molecular formula is C17H22O4. The van der Waals surface area contributed by atoms with Crippen LogP contribution in [0.25, 0.3) is 0 Å². The third-order valence-corrected chi connectivity index (χ3v) is 4.18. The van der Waals surface area contributed by atoms with E-state index in [4.69, 9.17) is 14.2 Å². The summed E-state index contributed by atoms with van der Waals surface area (Å²) in [6, 6.07) is 7.81. The van der Waals surface area contributed by atoms with Crippen LogP contribution < -0.4 is 4.74 Å². The average Bonchev–Trinajstić information content (AvgIpc) is 2.83. The van der Waals surface area contributed by atoms with Crippen molar-refractivity contribution in [2.24, 2.45) is 11.8 Å². The van der Waals surface area contributed by atoms with Gasteiger partial charge >= 0.3 is 5.97 Å². The van der Waals surface area contributed by atoms with Gasteiger partial charge in [0.05, 0.1) is 32.8 Å². The first-order valence-corrected chi connectivity index (χ1v) is 7.09. The molecule has 2 rings (SSSR count). The van der Waals surface area contributed by atoms with Crippen LogP contribution >= 0.6 is 0 Å². The van der Waals surface area contributed by atoms with Crippen molar-refractivity contribution in [1.29, 1.82) is 0 Å². The van der Waals surface area contributed by atoms with Crippen molar-refractivity contribution in [3.8, 4) is 5.75 Å². The minimum Gasteiger partial charge on any atom is -0.497 e. The maximum atomic E-state index is 11.5. The Labute approximate surface area is 125 Å². The Hall–Kier alpha value is -1.81. The van der Waals surface area contributed by atoms with Crippen molar-refractivity contribution in [3.05, 3.63) is 42.5 Å². The van der Waals surface area contributed by atoms with Gasteiger partial charge in [0.15, 0.2) is 0 Å². The molecule has 0 amide bonds. The summed E-state index contributed by atoms with van der Waals surface area (Å²) in [7, 11) is 3.04. The maximum absolute atomic E-state index is 11.5. The molecule has 0 saturated carbocycles. The van der Waals surface area contributed by atoms with Gasteiger partial charge in [-0.3, -0.25) is 4.79 Å². The van der Waals surface area contributed by atoms with Gasteiger partial charge in [0, 0.05) is 5.92 Å². The van der Waals surface area contributed by atoms with Gasteiger partial charge in [-0.15, -0.1) is 6.58 Å². The molecule has 1 saturated heterocycles. The molecular weight excluding hydrogens is 268 g/mol. The molecule has 1 heterocycles. The summed E-state index contributed by atoms with van der Waals surface area (Å²) in [5.41, 5.74) is 1.07. The fourth-order valence-electron chi connectivity index (χ4n) is 2.84. The molecule has 0 aliphatic carbocycles. The molecule has 0 spiro atoms. The van der Waals surface area contributed by atoms with Crippen molar-refractivity contribution in [3.63, 3.8) is 0 Å². The molecule has 0 radical (unpaired) electrons. The lowest BCUT2D eigenvalue weighted by Crippen LogP contribution is -2.21. The third kappa shape index (κ3) is 3.27. The molecule has 4 nitrogen and oxygen atoms in total. The Morgan fingerprint density at radius 2 is 2.00 bits per heavy atom. The molecule has 0 N–H and O–H groups in total. The van der Waals surface area contributed by atoms with E-state index in [2.05, 4.69) is 13.5 Å². The van der Waals surface area contributed by atoms with Crippen LogP contribution in [0.3, 0.4) is 0 Å².